The van der Waals surface area contributed by atoms with Crippen molar-refractivity contribution >= 4 is 38.0 Å². The van der Waals surface area contributed by atoms with Gasteiger partial charge in [0.15, 0.2) is 11.5 Å². The molecule has 0 atom stereocenters. The van der Waals surface area contributed by atoms with E-state index in [1.165, 1.54) is 20.3 Å². The second-order valence-electron chi connectivity index (χ2n) is 5.76. The van der Waals surface area contributed by atoms with Gasteiger partial charge in [0.2, 0.25) is 0 Å². The van der Waals surface area contributed by atoms with Crippen LogP contribution in [0.1, 0.15) is 0 Å². The molecule has 25 heavy (non-hydrogen) atoms. The van der Waals surface area contributed by atoms with Crippen molar-refractivity contribution in [3.05, 3.63) is 64.7 Å². The van der Waals surface area contributed by atoms with Gasteiger partial charge in [-0.25, -0.2) is 0 Å². The quantitative estimate of drug-likeness (QED) is 0.298. The molecule has 0 heterocycles. The number of benzene rings is 4. The van der Waals surface area contributed by atoms with Crippen molar-refractivity contribution < 1.29 is 14.4 Å². The highest BCUT2D eigenvalue weighted by Crippen LogP contribution is 2.45. The minimum absolute atomic E-state index is 0.00889. The first-order valence-corrected chi connectivity index (χ1v) is 7.79. The Morgan fingerprint density at radius 2 is 1.56 bits per heavy atom. The molecule has 0 aliphatic heterocycles. The fraction of sp³-hybridized carbons (Fsp3) is 0.100. The van der Waals surface area contributed by atoms with Crippen LogP contribution in [0.5, 0.6) is 11.5 Å². The van der Waals surface area contributed by atoms with E-state index in [-0.39, 0.29) is 10.6 Å². The summed E-state index contributed by atoms with van der Waals surface area (Å²) in [6, 6.07) is 17.1. The van der Waals surface area contributed by atoms with E-state index in [1.807, 2.05) is 48.5 Å². The van der Waals surface area contributed by atoms with Crippen LogP contribution >= 0.6 is 0 Å². The number of hydrogen-bond donors (Lipinski definition) is 0. The lowest BCUT2D eigenvalue weighted by Crippen LogP contribution is -1.97. The lowest BCUT2D eigenvalue weighted by molar-refractivity contribution is -0.383. The van der Waals surface area contributed by atoms with Gasteiger partial charge in [0, 0.05) is 10.8 Å². The van der Waals surface area contributed by atoms with E-state index in [0.717, 1.165) is 21.5 Å². The molecule has 0 amide bonds. The number of nitro benzene ring substituents is 1. The minimum Gasteiger partial charge on any atom is -0.493 e. The van der Waals surface area contributed by atoms with Crippen LogP contribution in [-0.2, 0) is 0 Å². The van der Waals surface area contributed by atoms with Gasteiger partial charge in [0.1, 0.15) is 0 Å². The maximum absolute atomic E-state index is 11.8. The molecule has 0 saturated carbocycles. The zero-order valence-corrected chi connectivity index (χ0v) is 13.8. The van der Waals surface area contributed by atoms with Gasteiger partial charge < -0.3 is 9.47 Å². The second kappa shape index (κ2) is 5.63. The average molecular weight is 333 g/mol. The Labute approximate surface area is 143 Å². The van der Waals surface area contributed by atoms with Crippen LogP contribution in [0.2, 0.25) is 0 Å². The molecule has 0 radical (unpaired) electrons. The van der Waals surface area contributed by atoms with E-state index >= 15 is 0 Å². The van der Waals surface area contributed by atoms with Crippen molar-refractivity contribution in [3.63, 3.8) is 0 Å². The van der Waals surface area contributed by atoms with E-state index in [2.05, 4.69) is 0 Å². The van der Waals surface area contributed by atoms with Crippen LogP contribution in [0.25, 0.3) is 32.3 Å². The minimum atomic E-state index is -0.370. The van der Waals surface area contributed by atoms with Crippen molar-refractivity contribution in [1.82, 2.24) is 0 Å². The third-order valence-electron chi connectivity index (χ3n) is 4.52. The van der Waals surface area contributed by atoms with E-state index in [1.54, 1.807) is 0 Å². The van der Waals surface area contributed by atoms with Gasteiger partial charge in [-0.3, -0.25) is 10.1 Å². The number of hydrogen-bond acceptors (Lipinski definition) is 4. The van der Waals surface area contributed by atoms with Crippen molar-refractivity contribution in [2.75, 3.05) is 14.2 Å². The molecule has 0 aliphatic rings. The number of non-ortho nitro benzene ring substituents is 1. The molecule has 0 unspecified atom stereocenters. The monoisotopic (exact) mass is 333 g/mol. The van der Waals surface area contributed by atoms with Gasteiger partial charge >= 0.3 is 0 Å². The summed E-state index contributed by atoms with van der Waals surface area (Å²) in [6.07, 6.45) is 0. The first-order chi connectivity index (χ1) is 12.2. The topological polar surface area (TPSA) is 61.6 Å². The largest absolute Gasteiger partial charge is 0.493 e. The molecule has 0 saturated heterocycles. The summed E-state index contributed by atoms with van der Waals surface area (Å²) >= 11 is 0. The molecule has 4 aromatic carbocycles. The third kappa shape index (κ3) is 2.16. The highest BCUT2D eigenvalue weighted by Gasteiger charge is 2.23. The van der Waals surface area contributed by atoms with Gasteiger partial charge in [-0.2, -0.15) is 0 Å². The lowest BCUT2D eigenvalue weighted by Gasteiger charge is -2.14. The van der Waals surface area contributed by atoms with Gasteiger partial charge in [0.25, 0.3) is 5.69 Å². The van der Waals surface area contributed by atoms with Crippen LogP contribution in [-0.4, -0.2) is 19.1 Å². The summed E-state index contributed by atoms with van der Waals surface area (Å²) in [5, 5.41) is 16.8. The van der Waals surface area contributed by atoms with Crippen LogP contribution in [0.15, 0.2) is 54.6 Å². The van der Waals surface area contributed by atoms with Crippen molar-refractivity contribution in [1.29, 1.82) is 0 Å². The molecule has 0 aromatic heterocycles. The molecule has 5 heteroatoms. The van der Waals surface area contributed by atoms with E-state index in [0.29, 0.717) is 22.3 Å². The van der Waals surface area contributed by atoms with Crippen LogP contribution < -0.4 is 9.47 Å². The van der Waals surface area contributed by atoms with E-state index in [9.17, 15) is 10.1 Å². The normalized spacial score (nSPS) is 11.1. The molecule has 5 nitrogen and oxygen atoms in total. The predicted molar refractivity (Wildman–Crippen MR) is 98.7 cm³/mol. The zero-order valence-electron chi connectivity index (χ0n) is 13.8. The van der Waals surface area contributed by atoms with Gasteiger partial charge in [-0.1, -0.05) is 42.5 Å². The average Bonchev–Trinajstić information content (AvgIpc) is 2.65. The lowest BCUT2D eigenvalue weighted by atomic mass is 9.95. The number of rotatable bonds is 3. The maximum Gasteiger partial charge on any atom is 0.281 e. The Morgan fingerprint density at radius 3 is 2.28 bits per heavy atom. The summed E-state index contributed by atoms with van der Waals surface area (Å²) < 4.78 is 10.8. The predicted octanol–water partition coefficient (Wildman–Crippen LogP) is 5.07. The second-order valence-corrected chi connectivity index (χ2v) is 5.76. The SMILES string of the molecule is COc1cc([N+](=O)[O-])c2c(ccc3ccc4ccccc4c32)c1OC. The first-order valence-electron chi connectivity index (χ1n) is 7.79. The van der Waals surface area contributed by atoms with Gasteiger partial charge in [-0.05, 0) is 22.2 Å². The maximum atomic E-state index is 11.8. The van der Waals surface area contributed by atoms with Crippen LogP contribution in [0.4, 0.5) is 5.69 Å². The van der Waals surface area contributed by atoms with Gasteiger partial charge in [0.05, 0.1) is 30.6 Å². The zero-order chi connectivity index (χ0) is 17.6. The summed E-state index contributed by atoms with van der Waals surface area (Å²) in [4.78, 5) is 11.4. The Hall–Kier alpha value is -3.34. The number of methoxy groups -OCH3 is 2. The molecule has 124 valence electrons. The van der Waals surface area contributed by atoms with Crippen molar-refractivity contribution in [2.24, 2.45) is 0 Å². The molecular formula is C20H15NO4. The summed E-state index contributed by atoms with van der Waals surface area (Å²) in [7, 11) is 3.01. The Kier molecular flexibility index (Phi) is 3.42. The van der Waals surface area contributed by atoms with Crippen LogP contribution in [0.3, 0.4) is 0 Å². The molecule has 4 rings (SSSR count). The van der Waals surface area contributed by atoms with E-state index in [4.69, 9.17) is 9.47 Å². The summed E-state index contributed by atoms with van der Waals surface area (Å²) in [5.74, 6) is 0.847. The van der Waals surface area contributed by atoms with Crippen molar-refractivity contribution in [3.8, 4) is 11.5 Å². The standard InChI is InChI=1S/C20H15NO4/c1-24-17-11-16(21(22)23)19-15(20(17)25-2)10-9-13-8-7-12-5-3-4-6-14(12)18(13)19/h3-11H,1-2H3. The molecule has 0 bridgehead atoms. The smallest absolute Gasteiger partial charge is 0.281 e. The Balaban J connectivity index is 2.35. The number of nitro groups is 1. The highest BCUT2D eigenvalue weighted by atomic mass is 16.6. The summed E-state index contributed by atoms with van der Waals surface area (Å²) in [6.45, 7) is 0. The highest BCUT2D eigenvalue weighted by molar-refractivity contribution is 6.24. The van der Waals surface area contributed by atoms with Gasteiger partial charge in [-0.15, -0.1) is 0 Å². The number of fused-ring (bicyclic) bond motifs is 5. The molecule has 0 fully saturated rings. The Bertz CT molecular complexity index is 1150. The molecule has 0 aliphatic carbocycles. The number of ether oxygens (including phenoxy) is 2. The van der Waals surface area contributed by atoms with Crippen LogP contribution in [0, 0.1) is 10.1 Å². The molecule has 0 spiro atoms. The summed E-state index contributed by atoms with van der Waals surface area (Å²) in [5.41, 5.74) is 0.00889. The fourth-order valence-electron chi connectivity index (χ4n) is 3.45. The van der Waals surface area contributed by atoms with E-state index < -0.39 is 0 Å². The first kappa shape index (κ1) is 15.2. The van der Waals surface area contributed by atoms with Crippen molar-refractivity contribution in [2.45, 2.75) is 0 Å². The third-order valence-corrected chi connectivity index (χ3v) is 4.52. The Morgan fingerprint density at radius 1 is 0.840 bits per heavy atom. The fourth-order valence-corrected chi connectivity index (χ4v) is 3.45. The number of nitrogens with zero attached hydrogens (tertiary/aromatic N) is 1. The molecular weight excluding hydrogens is 318 g/mol. The molecule has 4 aromatic rings. The molecule has 0 N–H and O–H groups in total.